The largest absolute Gasteiger partial charge is 0.467 e. The maximum Gasteiger partial charge on any atom is 0.200 e. The monoisotopic (exact) mass is 365 g/mol. The van der Waals surface area contributed by atoms with Crippen LogP contribution in [0.4, 0.5) is 0 Å². The van der Waals surface area contributed by atoms with Crippen LogP contribution >= 0.6 is 11.8 Å². The van der Waals surface area contributed by atoms with Crippen molar-refractivity contribution in [2.45, 2.75) is 11.7 Å². The van der Waals surface area contributed by atoms with Crippen LogP contribution in [-0.2, 0) is 6.54 Å². The molecule has 3 aromatic heterocycles. The molecule has 0 aliphatic carbocycles. The lowest BCUT2D eigenvalue weighted by Crippen LogP contribution is -2.06. The number of rotatable bonds is 7. The second-order valence-corrected chi connectivity index (χ2v) is 6.47. The molecule has 0 bridgehead atoms. The number of nitrogens with zero attached hydrogens (tertiary/aromatic N) is 3. The average Bonchev–Trinajstić information content (AvgIpc) is 3.43. The average molecular weight is 365 g/mol. The first-order valence-corrected chi connectivity index (χ1v) is 9.00. The molecule has 0 radical (unpaired) electrons. The van der Waals surface area contributed by atoms with E-state index in [0.717, 1.165) is 5.76 Å². The summed E-state index contributed by atoms with van der Waals surface area (Å²) in [5.74, 6) is 2.31. The van der Waals surface area contributed by atoms with Crippen LogP contribution in [0.15, 0.2) is 81.1 Å². The van der Waals surface area contributed by atoms with Crippen molar-refractivity contribution < 1.29 is 13.6 Å². The van der Waals surface area contributed by atoms with Crippen LogP contribution in [0.25, 0.3) is 11.6 Å². The summed E-state index contributed by atoms with van der Waals surface area (Å²) in [5.41, 5.74) is 0.684. The standard InChI is InChI=1S/C19H15N3O3S/c23-16(14-6-2-1-3-7-14)13-26-19-21-20-18(17-9-5-11-25-17)22(19)12-15-8-4-10-24-15/h1-11H,12-13H2. The molecule has 0 spiro atoms. The number of ketones is 1. The summed E-state index contributed by atoms with van der Waals surface area (Å²) in [5, 5.41) is 9.11. The summed E-state index contributed by atoms with van der Waals surface area (Å²) in [6, 6.07) is 16.6. The molecule has 6 nitrogen and oxygen atoms in total. The van der Waals surface area contributed by atoms with Crippen molar-refractivity contribution in [3.05, 3.63) is 78.4 Å². The number of Topliss-reactive ketones (excluding diaryl/α,β-unsaturated/α-hetero) is 1. The molecule has 0 fully saturated rings. The second kappa shape index (κ2) is 7.45. The van der Waals surface area contributed by atoms with Crippen molar-refractivity contribution in [2.75, 3.05) is 5.75 Å². The van der Waals surface area contributed by atoms with Gasteiger partial charge < -0.3 is 8.83 Å². The van der Waals surface area contributed by atoms with Gasteiger partial charge in [0.2, 0.25) is 5.82 Å². The summed E-state index contributed by atoms with van der Waals surface area (Å²) in [6.07, 6.45) is 3.21. The van der Waals surface area contributed by atoms with Crippen LogP contribution in [0, 0.1) is 0 Å². The Kier molecular flexibility index (Phi) is 4.70. The predicted octanol–water partition coefficient (Wildman–Crippen LogP) is 4.15. The molecular weight excluding hydrogens is 350 g/mol. The first-order valence-electron chi connectivity index (χ1n) is 8.02. The SMILES string of the molecule is O=C(CSc1nnc(-c2ccco2)n1Cc1ccco1)c1ccccc1. The van der Waals surface area contributed by atoms with Gasteiger partial charge in [-0.15, -0.1) is 10.2 Å². The van der Waals surface area contributed by atoms with E-state index >= 15 is 0 Å². The molecule has 1 aromatic carbocycles. The molecule has 0 aliphatic rings. The lowest BCUT2D eigenvalue weighted by Gasteiger charge is -2.07. The van der Waals surface area contributed by atoms with Gasteiger partial charge >= 0.3 is 0 Å². The highest BCUT2D eigenvalue weighted by molar-refractivity contribution is 7.99. The summed E-state index contributed by atoms with van der Waals surface area (Å²) in [6.45, 7) is 0.456. The number of aromatic nitrogens is 3. The van der Waals surface area contributed by atoms with Crippen LogP contribution in [0.3, 0.4) is 0 Å². The van der Waals surface area contributed by atoms with Gasteiger partial charge in [-0.2, -0.15) is 0 Å². The number of benzene rings is 1. The van der Waals surface area contributed by atoms with Crippen molar-refractivity contribution >= 4 is 17.5 Å². The Labute approximate surface area is 153 Å². The maximum absolute atomic E-state index is 12.4. The summed E-state index contributed by atoms with van der Waals surface area (Å²) in [4.78, 5) is 12.4. The van der Waals surface area contributed by atoms with Gasteiger partial charge in [0.1, 0.15) is 5.76 Å². The zero-order chi connectivity index (χ0) is 17.8. The summed E-state index contributed by atoms with van der Waals surface area (Å²) < 4.78 is 12.8. The van der Waals surface area contributed by atoms with Crippen molar-refractivity contribution in [3.8, 4) is 11.6 Å². The van der Waals surface area contributed by atoms with E-state index in [2.05, 4.69) is 10.2 Å². The summed E-state index contributed by atoms with van der Waals surface area (Å²) >= 11 is 1.35. The quantitative estimate of drug-likeness (QED) is 0.362. The molecule has 0 aliphatic heterocycles. The third-order valence-electron chi connectivity index (χ3n) is 3.78. The van der Waals surface area contributed by atoms with Crippen LogP contribution in [0.1, 0.15) is 16.1 Å². The normalized spacial score (nSPS) is 10.9. The van der Waals surface area contributed by atoms with E-state index < -0.39 is 0 Å². The van der Waals surface area contributed by atoms with Crippen molar-refractivity contribution in [2.24, 2.45) is 0 Å². The summed E-state index contributed by atoms with van der Waals surface area (Å²) in [7, 11) is 0. The third kappa shape index (κ3) is 3.48. The molecule has 0 saturated carbocycles. The van der Waals surface area contributed by atoms with Crippen LogP contribution < -0.4 is 0 Å². The van der Waals surface area contributed by atoms with Crippen LogP contribution in [-0.4, -0.2) is 26.3 Å². The topological polar surface area (TPSA) is 74.1 Å². The minimum atomic E-state index is 0.0442. The highest BCUT2D eigenvalue weighted by atomic mass is 32.2. The Morgan fingerprint density at radius 1 is 0.962 bits per heavy atom. The van der Waals surface area contributed by atoms with E-state index in [-0.39, 0.29) is 11.5 Å². The molecule has 0 atom stereocenters. The number of furan rings is 2. The van der Waals surface area contributed by atoms with Gasteiger partial charge in [0.05, 0.1) is 24.8 Å². The van der Waals surface area contributed by atoms with E-state index in [1.807, 2.05) is 53.1 Å². The number of thioether (sulfide) groups is 1. The Bertz CT molecular complexity index is 977. The predicted molar refractivity (Wildman–Crippen MR) is 97.0 cm³/mol. The van der Waals surface area contributed by atoms with Crippen molar-refractivity contribution in [3.63, 3.8) is 0 Å². The first-order chi connectivity index (χ1) is 12.8. The van der Waals surface area contributed by atoms with E-state index in [4.69, 9.17) is 8.83 Å². The molecule has 26 heavy (non-hydrogen) atoms. The van der Waals surface area contributed by atoms with E-state index in [0.29, 0.717) is 28.8 Å². The molecular formula is C19H15N3O3S. The van der Waals surface area contributed by atoms with Gasteiger partial charge in [-0.25, -0.2) is 0 Å². The Morgan fingerprint density at radius 3 is 2.50 bits per heavy atom. The van der Waals surface area contributed by atoms with Gasteiger partial charge in [0.25, 0.3) is 0 Å². The number of carbonyl (C=O) groups is 1. The van der Waals surface area contributed by atoms with Crippen molar-refractivity contribution in [1.29, 1.82) is 0 Å². The lowest BCUT2D eigenvalue weighted by molar-refractivity contribution is 0.102. The fourth-order valence-corrected chi connectivity index (χ4v) is 3.35. The highest BCUT2D eigenvalue weighted by Crippen LogP contribution is 2.26. The minimum absolute atomic E-state index is 0.0442. The molecule has 3 heterocycles. The third-order valence-corrected chi connectivity index (χ3v) is 4.75. The van der Waals surface area contributed by atoms with Gasteiger partial charge in [-0.1, -0.05) is 42.1 Å². The molecule has 0 unspecified atom stereocenters. The zero-order valence-electron chi connectivity index (χ0n) is 13.7. The highest BCUT2D eigenvalue weighted by Gasteiger charge is 2.18. The lowest BCUT2D eigenvalue weighted by atomic mass is 10.2. The van der Waals surface area contributed by atoms with Crippen LogP contribution in [0.2, 0.25) is 0 Å². The zero-order valence-corrected chi connectivity index (χ0v) is 14.6. The Morgan fingerprint density at radius 2 is 1.77 bits per heavy atom. The van der Waals surface area contributed by atoms with E-state index in [1.54, 1.807) is 18.6 Å². The minimum Gasteiger partial charge on any atom is -0.467 e. The van der Waals surface area contributed by atoms with Gasteiger partial charge in [0.15, 0.2) is 16.7 Å². The van der Waals surface area contributed by atoms with Gasteiger partial charge in [-0.3, -0.25) is 9.36 Å². The second-order valence-electron chi connectivity index (χ2n) is 5.53. The number of carbonyl (C=O) groups excluding carboxylic acids is 1. The van der Waals surface area contributed by atoms with Gasteiger partial charge in [0, 0.05) is 5.56 Å². The molecule has 0 amide bonds. The molecule has 0 N–H and O–H groups in total. The first kappa shape index (κ1) is 16.4. The number of hydrogen-bond donors (Lipinski definition) is 0. The van der Waals surface area contributed by atoms with E-state index in [1.165, 1.54) is 11.8 Å². The fraction of sp³-hybridized carbons (Fsp3) is 0.105. The molecule has 7 heteroatoms. The van der Waals surface area contributed by atoms with Crippen molar-refractivity contribution in [1.82, 2.24) is 14.8 Å². The molecule has 0 saturated heterocycles. The van der Waals surface area contributed by atoms with Gasteiger partial charge in [-0.05, 0) is 24.3 Å². The smallest absolute Gasteiger partial charge is 0.200 e. The Hall–Kier alpha value is -3.06. The van der Waals surface area contributed by atoms with Crippen LogP contribution in [0.5, 0.6) is 0 Å². The van der Waals surface area contributed by atoms with E-state index in [9.17, 15) is 4.79 Å². The fourth-order valence-electron chi connectivity index (χ4n) is 2.52. The maximum atomic E-state index is 12.4. The number of hydrogen-bond acceptors (Lipinski definition) is 6. The molecule has 4 rings (SSSR count). The Balaban J connectivity index is 1.58. The molecule has 4 aromatic rings. The molecule has 130 valence electrons.